The van der Waals surface area contributed by atoms with Crippen molar-refractivity contribution in [2.24, 2.45) is 0 Å². The molecule has 2 heterocycles. The average Bonchev–Trinajstić information content (AvgIpc) is 3.37. The summed E-state index contributed by atoms with van der Waals surface area (Å²) in [5.41, 5.74) is 2.32. The number of aromatic nitrogens is 2. The lowest BCUT2D eigenvalue weighted by molar-refractivity contribution is 0.103. The van der Waals surface area contributed by atoms with E-state index >= 15 is 0 Å². The van der Waals surface area contributed by atoms with Crippen LogP contribution in [-0.4, -0.2) is 15.7 Å². The highest BCUT2D eigenvalue weighted by Crippen LogP contribution is 2.22. The summed E-state index contributed by atoms with van der Waals surface area (Å²) in [5, 5.41) is 9.33. The number of thiophene rings is 1. The number of nitrogens with one attached hydrogen (secondary N) is 1. The molecule has 0 aliphatic heterocycles. The molecule has 31 heavy (non-hydrogen) atoms. The number of carbonyl (C=O) groups is 1. The topological polar surface area (TPSA) is 56.2 Å². The van der Waals surface area contributed by atoms with Gasteiger partial charge in [-0.2, -0.15) is 5.10 Å². The quantitative estimate of drug-likeness (QED) is 0.382. The number of hydrogen-bond acceptors (Lipinski definition) is 4. The minimum Gasteiger partial charge on any atom is -0.486 e. The van der Waals surface area contributed by atoms with Gasteiger partial charge in [-0.05, 0) is 41.3 Å². The van der Waals surface area contributed by atoms with Crippen LogP contribution in [0.3, 0.4) is 0 Å². The zero-order chi connectivity index (χ0) is 21.8. The SMILES string of the molecule is O=C(Nc1cccc(Cn2cc(Cl)cn2)c1)c1cc(COc2ccc(F)cc2F)cs1. The van der Waals surface area contributed by atoms with Crippen molar-refractivity contribution in [3.05, 3.63) is 99.0 Å². The molecule has 0 atom stereocenters. The van der Waals surface area contributed by atoms with Gasteiger partial charge in [0.2, 0.25) is 0 Å². The molecule has 9 heteroatoms. The number of anilines is 1. The molecule has 2 aromatic carbocycles. The number of rotatable bonds is 7. The van der Waals surface area contributed by atoms with Gasteiger partial charge in [0, 0.05) is 23.5 Å². The normalized spacial score (nSPS) is 10.8. The van der Waals surface area contributed by atoms with Crippen molar-refractivity contribution in [1.29, 1.82) is 0 Å². The minimum atomic E-state index is -0.773. The van der Waals surface area contributed by atoms with Gasteiger partial charge in [-0.1, -0.05) is 23.7 Å². The summed E-state index contributed by atoms with van der Waals surface area (Å²) in [6, 6.07) is 12.2. The highest BCUT2D eigenvalue weighted by Gasteiger charge is 2.12. The van der Waals surface area contributed by atoms with Crippen LogP contribution in [0.2, 0.25) is 5.02 Å². The number of carbonyl (C=O) groups excluding carboxylic acids is 1. The van der Waals surface area contributed by atoms with Gasteiger partial charge in [0.25, 0.3) is 5.91 Å². The van der Waals surface area contributed by atoms with Gasteiger partial charge in [0.15, 0.2) is 11.6 Å². The minimum absolute atomic E-state index is 0.0473. The van der Waals surface area contributed by atoms with Crippen LogP contribution in [0, 0.1) is 11.6 Å². The van der Waals surface area contributed by atoms with E-state index in [9.17, 15) is 13.6 Å². The lowest BCUT2D eigenvalue weighted by Gasteiger charge is -2.07. The molecule has 4 aromatic rings. The molecule has 0 saturated heterocycles. The lowest BCUT2D eigenvalue weighted by Crippen LogP contribution is -2.10. The van der Waals surface area contributed by atoms with E-state index in [0.717, 1.165) is 17.7 Å². The van der Waals surface area contributed by atoms with Crippen LogP contribution in [0.5, 0.6) is 5.75 Å². The van der Waals surface area contributed by atoms with E-state index in [4.69, 9.17) is 16.3 Å². The monoisotopic (exact) mass is 459 g/mol. The predicted octanol–water partition coefficient (Wildman–Crippen LogP) is 5.76. The van der Waals surface area contributed by atoms with E-state index in [1.165, 1.54) is 17.4 Å². The van der Waals surface area contributed by atoms with Crippen LogP contribution in [0.1, 0.15) is 20.8 Å². The number of hydrogen-bond donors (Lipinski definition) is 1. The Kier molecular flexibility index (Phi) is 6.29. The Morgan fingerprint density at radius 3 is 2.81 bits per heavy atom. The maximum absolute atomic E-state index is 13.7. The molecule has 0 aliphatic rings. The van der Waals surface area contributed by atoms with Crippen LogP contribution in [0.4, 0.5) is 14.5 Å². The van der Waals surface area contributed by atoms with Gasteiger partial charge in [0.1, 0.15) is 12.4 Å². The average molecular weight is 460 g/mol. The predicted molar refractivity (Wildman–Crippen MR) is 116 cm³/mol. The molecule has 0 aliphatic carbocycles. The second-order valence-corrected chi connectivity index (χ2v) is 8.04. The molecule has 4 rings (SSSR count). The van der Waals surface area contributed by atoms with Crippen molar-refractivity contribution in [2.45, 2.75) is 13.2 Å². The Morgan fingerprint density at radius 1 is 1.16 bits per heavy atom. The first-order valence-corrected chi connectivity index (χ1v) is 10.5. The second-order valence-electron chi connectivity index (χ2n) is 6.69. The van der Waals surface area contributed by atoms with Crippen molar-refractivity contribution in [1.82, 2.24) is 9.78 Å². The van der Waals surface area contributed by atoms with E-state index in [2.05, 4.69) is 10.4 Å². The molecule has 0 unspecified atom stereocenters. The Labute approximate surface area is 185 Å². The first kappa shape index (κ1) is 21.0. The second kappa shape index (κ2) is 9.28. The van der Waals surface area contributed by atoms with Crippen LogP contribution in [-0.2, 0) is 13.2 Å². The largest absolute Gasteiger partial charge is 0.486 e. The summed E-state index contributed by atoms with van der Waals surface area (Å²) in [6.45, 7) is 0.588. The first-order chi connectivity index (χ1) is 15.0. The molecule has 5 nitrogen and oxygen atoms in total. The molecule has 0 spiro atoms. The van der Waals surface area contributed by atoms with Crippen LogP contribution >= 0.6 is 22.9 Å². The standard InChI is InChI=1S/C22H16ClF2N3O2S/c23-16-9-26-28(11-16)10-14-2-1-3-18(6-14)27-22(29)21-7-15(13-31-21)12-30-20-5-4-17(24)8-19(20)25/h1-9,11,13H,10,12H2,(H,27,29). The molecule has 0 saturated carbocycles. The van der Waals surface area contributed by atoms with Gasteiger partial charge in [-0.15, -0.1) is 11.3 Å². The highest BCUT2D eigenvalue weighted by molar-refractivity contribution is 7.12. The maximum Gasteiger partial charge on any atom is 0.265 e. The third kappa shape index (κ3) is 5.48. The molecule has 2 aromatic heterocycles. The van der Waals surface area contributed by atoms with Crippen molar-refractivity contribution in [3.8, 4) is 5.75 Å². The van der Waals surface area contributed by atoms with Gasteiger partial charge >= 0.3 is 0 Å². The Balaban J connectivity index is 1.37. The molecule has 1 N–H and O–H groups in total. The summed E-state index contributed by atoms with van der Waals surface area (Å²) >= 11 is 7.14. The summed E-state index contributed by atoms with van der Waals surface area (Å²) in [7, 11) is 0. The summed E-state index contributed by atoms with van der Waals surface area (Å²) in [6.07, 6.45) is 3.29. The third-order valence-electron chi connectivity index (χ3n) is 4.30. The summed E-state index contributed by atoms with van der Waals surface area (Å²) in [5.74, 6) is -1.75. The van der Waals surface area contributed by atoms with Crippen LogP contribution in [0.15, 0.2) is 66.3 Å². The third-order valence-corrected chi connectivity index (χ3v) is 5.47. The molecule has 0 bridgehead atoms. The number of benzene rings is 2. The molecule has 0 radical (unpaired) electrons. The molecule has 1 amide bonds. The Hall–Kier alpha value is -3.23. The Morgan fingerprint density at radius 2 is 2.03 bits per heavy atom. The highest BCUT2D eigenvalue weighted by atomic mass is 35.5. The number of amides is 1. The van der Waals surface area contributed by atoms with Crippen molar-refractivity contribution in [2.75, 3.05) is 5.32 Å². The van der Waals surface area contributed by atoms with E-state index in [1.54, 1.807) is 34.6 Å². The van der Waals surface area contributed by atoms with E-state index in [0.29, 0.717) is 27.7 Å². The zero-order valence-corrected chi connectivity index (χ0v) is 17.6. The van der Waals surface area contributed by atoms with E-state index in [1.807, 2.05) is 18.2 Å². The van der Waals surface area contributed by atoms with Gasteiger partial charge in [-0.3, -0.25) is 9.48 Å². The van der Waals surface area contributed by atoms with Gasteiger partial charge in [0.05, 0.1) is 22.6 Å². The van der Waals surface area contributed by atoms with Crippen LogP contribution in [0.25, 0.3) is 0 Å². The lowest BCUT2D eigenvalue weighted by atomic mass is 10.2. The smallest absolute Gasteiger partial charge is 0.265 e. The Bertz CT molecular complexity index is 1220. The van der Waals surface area contributed by atoms with Gasteiger partial charge < -0.3 is 10.1 Å². The summed E-state index contributed by atoms with van der Waals surface area (Å²) in [4.78, 5) is 13.1. The number of ether oxygens (including phenoxy) is 1. The fourth-order valence-electron chi connectivity index (χ4n) is 2.88. The van der Waals surface area contributed by atoms with E-state index < -0.39 is 11.6 Å². The van der Waals surface area contributed by atoms with Crippen LogP contribution < -0.4 is 10.1 Å². The van der Waals surface area contributed by atoms with Crippen molar-refractivity contribution < 1.29 is 18.3 Å². The number of nitrogens with zero attached hydrogens (tertiary/aromatic N) is 2. The van der Waals surface area contributed by atoms with Crippen molar-refractivity contribution in [3.63, 3.8) is 0 Å². The first-order valence-electron chi connectivity index (χ1n) is 9.20. The zero-order valence-electron chi connectivity index (χ0n) is 16.0. The fraction of sp³-hybridized carbons (Fsp3) is 0.0909. The molecular weight excluding hydrogens is 444 g/mol. The molecular formula is C22H16ClF2N3O2S. The maximum atomic E-state index is 13.7. The van der Waals surface area contributed by atoms with E-state index in [-0.39, 0.29) is 18.3 Å². The molecule has 158 valence electrons. The molecule has 0 fully saturated rings. The van der Waals surface area contributed by atoms with Gasteiger partial charge in [-0.25, -0.2) is 8.78 Å². The fourth-order valence-corrected chi connectivity index (χ4v) is 3.82. The van der Waals surface area contributed by atoms with Crippen molar-refractivity contribution >= 4 is 34.5 Å². The number of halogens is 3. The summed E-state index contributed by atoms with van der Waals surface area (Å²) < 4.78 is 33.7.